The number of halogens is 1. The van der Waals surface area contributed by atoms with E-state index in [1.54, 1.807) is 31.0 Å². The van der Waals surface area contributed by atoms with E-state index in [9.17, 15) is 4.39 Å². The van der Waals surface area contributed by atoms with Gasteiger partial charge in [-0.3, -0.25) is 0 Å². The van der Waals surface area contributed by atoms with E-state index in [0.29, 0.717) is 5.92 Å². The highest BCUT2D eigenvalue weighted by Gasteiger charge is 2.19. The summed E-state index contributed by atoms with van der Waals surface area (Å²) in [6.07, 6.45) is 2.13. The van der Waals surface area contributed by atoms with E-state index in [4.69, 9.17) is 24.5 Å². The molecule has 1 aliphatic heterocycles. The Bertz CT molecular complexity index is 812. The van der Waals surface area contributed by atoms with Crippen LogP contribution in [0.2, 0.25) is 0 Å². The molecular formula is C20H22FNO5S. The first-order valence-electron chi connectivity index (χ1n) is 8.69. The zero-order valence-electron chi connectivity index (χ0n) is 15.4. The van der Waals surface area contributed by atoms with Crippen LogP contribution in [0.15, 0.2) is 52.3 Å². The average Bonchev–Trinajstić information content (AvgIpc) is 2.70. The van der Waals surface area contributed by atoms with Gasteiger partial charge in [-0.15, -0.1) is 0 Å². The number of carboxylic acid groups (broad SMARTS) is 2. The van der Waals surface area contributed by atoms with Crippen LogP contribution in [0.25, 0.3) is 0 Å². The minimum absolute atomic E-state index is 0.150. The van der Waals surface area contributed by atoms with E-state index in [1.807, 2.05) is 24.3 Å². The number of carbonyl (C=O) groups is 2. The van der Waals surface area contributed by atoms with Crippen LogP contribution in [0.5, 0.6) is 5.75 Å². The van der Waals surface area contributed by atoms with Crippen molar-refractivity contribution in [3.8, 4) is 5.75 Å². The lowest BCUT2D eigenvalue weighted by Crippen LogP contribution is -2.26. The monoisotopic (exact) mass is 407 g/mol. The van der Waals surface area contributed by atoms with Crippen molar-refractivity contribution in [2.45, 2.75) is 28.6 Å². The SMILES string of the molecule is COc1cccc(Sc2ccc(F)cc2C2CCNCC2)c1.O=C(O)C(=O)O. The predicted octanol–water partition coefficient (Wildman–Crippen LogP) is 3.61. The lowest BCUT2D eigenvalue weighted by Gasteiger charge is -2.25. The van der Waals surface area contributed by atoms with Gasteiger partial charge in [-0.05, 0) is 73.8 Å². The molecule has 0 aromatic heterocycles. The van der Waals surface area contributed by atoms with Gasteiger partial charge in [0.25, 0.3) is 0 Å². The molecule has 0 radical (unpaired) electrons. The van der Waals surface area contributed by atoms with Crippen LogP contribution in [-0.2, 0) is 9.59 Å². The number of hydrogen-bond donors (Lipinski definition) is 3. The normalized spacial score (nSPS) is 13.9. The highest BCUT2D eigenvalue weighted by molar-refractivity contribution is 7.99. The number of nitrogens with one attached hydrogen (secondary N) is 1. The van der Waals surface area contributed by atoms with Crippen molar-refractivity contribution in [2.24, 2.45) is 0 Å². The fourth-order valence-corrected chi connectivity index (χ4v) is 3.91. The number of carboxylic acids is 2. The third kappa shape index (κ3) is 6.54. The molecule has 1 aliphatic rings. The van der Waals surface area contributed by atoms with Gasteiger partial charge in [0, 0.05) is 9.79 Å². The largest absolute Gasteiger partial charge is 0.497 e. The number of hydrogen-bond acceptors (Lipinski definition) is 5. The smallest absolute Gasteiger partial charge is 0.414 e. The van der Waals surface area contributed by atoms with E-state index < -0.39 is 11.9 Å². The molecular weight excluding hydrogens is 385 g/mol. The molecule has 3 N–H and O–H groups in total. The van der Waals surface area contributed by atoms with Crippen molar-refractivity contribution in [3.63, 3.8) is 0 Å². The number of benzene rings is 2. The van der Waals surface area contributed by atoms with Crippen LogP contribution in [0.3, 0.4) is 0 Å². The van der Waals surface area contributed by atoms with Gasteiger partial charge in [0.05, 0.1) is 7.11 Å². The number of piperidine rings is 1. The van der Waals surface area contributed by atoms with E-state index in [0.717, 1.165) is 47.0 Å². The number of rotatable bonds is 4. The molecule has 3 rings (SSSR count). The molecule has 0 atom stereocenters. The Labute approximate surface area is 166 Å². The van der Waals surface area contributed by atoms with Crippen LogP contribution in [-0.4, -0.2) is 42.4 Å². The van der Waals surface area contributed by atoms with Gasteiger partial charge in [0.15, 0.2) is 0 Å². The highest BCUT2D eigenvalue weighted by Crippen LogP contribution is 2.38. The molecule has 6 nitrogen and oxygen atoms in total. The molecule has 1 heterocycles. The number of methoxy groups -OCH3 is 1. The Morgan fingerprint density at radius 1 is 1.11 bits per heavy atom. The summed E-state index contributed by atoms with van der Waals surface area (Å²) in [4.78, 5) is 20.5. The van der Waals surface area contributed by atoms with E-state index >= 15 is 0 Å². The van der Waals surface area contributed by atoms with Crippen LogP contribution >= 0.6 is 11.8 Å². The topological polar surface area (TPSA) is 95.9 Å². The standard InChI is InChI=1S/C18H20FNOS.C2H2O4/c1-21-15-3-2-4-16(12-15)22-18-6-5-14(19)11-17(18)13-7-9-20-10-8-13;3-1(4)2(5)6/h2-6,11-13,20H,7-10H2,1H3;(H,3,4)(H,5,6). The second-order valence-electron chi connectivity index (χ2n) is 6.10. The molecule has 28 heavy (non-hydrogen) atoms. The summed E-state index contributed by atoms with van der Waals surface area (Å²) >= 11 is 1.68. The maximum Gasteiger partial charge on any atom is 0.414 e. The molecule has 2 aromatic rings. The van der Waals surface area contributed by atoms with Gasteiger partial charge < -0.3 is 20.3 Å². The highest BCUT2D eigenvalue weighted by atomic mass is 32.2. The molecule has 0 aliphatic carbocycles. The fourth-order valence-electron chi connectivity index (χ4n) is 2.86. The first-order valence-corrected chi connectivity index (χ1v) is 9.50. The molecule has 1 fully saturated rings. The van der Waals surface area contributed by atoms with Crippen molar-refractivity contribution >= 4 is 23.7 Å². The Morgan fingerprint density at radius 2 is 1.79 bits per heavy atom. The van der Waals surface area contributed by atoms with Gasteiger partial charge in [0.1, 0.15) is 11.6 Å². The third-order valence-electron chi connectivity index (χ3n) is 4.20. The van der Waals surface area contributed by atoms with Gasteiger partial charge in [-0.2, -0.15) is 0 Å². The molecule has 8 heteroatoms. The van der Waals surface area contributed by atoms with Crippen LogP contribution in [0.4, 0.5) is 4.39 Å². The molecule has 150 valence electrons. The van der Waals surface area contributed by atoms with Gasteiger partial charge in [-0.25, -0.2) is 14.0 Å². The lowest BCUT2D eigenvalue weighted by molar-refractivity contribution is -0.159. The maximum absolute atomic E-state index is 13.7. The Kier molecular flexibility index (Phi) is 8.28. The molecule has 0 spiro atoms. The first kappa shape index (κ1) is 21.7. The van der Waals surface area contributed by atoms with Gasteiger partial charge in [-0.1, -0.05) is 17.8 Å². The minimum Gasteiger partial charge on any atom is -0.497 e. The van der Waals surface area contributed by atoms with Gasteiger partial charge >= 0.3 is 11.9 Å². The summed E-state index contributed by atoms with van der Waals surface area (Å²) in [6.45, 7) is 2.01. The van der Waals surface area contributed by atoms with Crippen molar-refractivity contribution in [1.29, 1.82) is 0 Å². The molecule has 0 unspecified atom stereocenters. The van der Waals surface area contributed by atoms with Crippen LogP contribution < -0.4 is 10.1 Å². The lowest BCUT2D eigenvalue weighted by atomic mass is 9.90. The molecule has 0 bridgehead atoms. The predicted molar refractivity (Wildman–Crippen MR) is 104 cm³/mol. The summed E-state index contributed by atoms with van der Waals surface area (Å²) in [5.41, 5.74) is 1.13. The van der Waals surface area contributed by atoms with Gasteiger partial charge in [0.2, 0.25) is 0 Å². The van der Waals surface area contributed by atoms with Crippen molar-refractivity contribution in [3.05, 3.63) is 53.8 Å². The van der Waals surface area contributed by atoms with E-state index in [-0.39, 0.29) is 5.82 Å². The summed E-state index contributed by atoms with van der Waals surface area (Å²) in [5, 5.41) is 18.1. The average molecular weight is 407 g/mol. The fraction of sp³-hybridized carbons (Fsp3) is 0.300. The van der Waals surface area contributed by atoms with E-state index in [2.05, 4.69) is 11.4 Å². The second kappa shape index (κ2) is 10.7. The van der Waals surface area contributed by atoms with E-state index in [1.165, 1.54) is 0 Å². The Balaban J connectivity index is 0.000000409. The molecule has 0 saturated carbocycles. The zero-order valence-corrected chi connectivity index (χ0v) is 16.2. The summed E-state index contributed by atoms with van der Waals surface area (Å²) in [5.74, 6) is -2.52. The Morgan fingerprint density at radius 3 is 2.39 bits per heavy atom. The second-order valence-corrected chi connectivity index (χ2v) is 7.21. The third-order valence-corrected chi connectivity index (χ3v) is 5.28. The first-order chi connectivity index (χ1) is 13.4. The van der Waals surface area contributed by atoms with Crippen LogP contribution in [0, 0.1) is 5.82 Å². The quantitative estimate of drug-likeness (QED) is 0.667. The minimum atomic E-state index is -1.82. The van der Waals surface area contributed by atoms with Crippen LogP contribution in [0.1, 0.15) is 24.3 Å². The molecule has 0 amide bonds. The number of aliphatic carboxylic acids is 2. The van der Waals surface area contributed by atoms with Crippen molar-refractivity contribution < 1.29 is 28.9 Å². The Hall–Kier alpha value is -2.58. The summed E-state index contributed by atoms with van der Waals surface area (Å²) in [6, 6.07) is 13.1. The zero-order chi connectivity index (χ0) is 20.5. The summed E-state index contributed by atoms with van der Waals surface area (Å²) < 4.78 is 19.0. The molecule has 1 saturated heterocycles. The maximum atomic E-state index is 13.7. The molecule has 2 aromatic carbocycles. The van der Waals surface area contributed by atoms with Crippen molar-refractivity contribution in [2.75, 3.05) is 20.2 Å². The summed E-state index contributed by atoms with van der Waals surface area (Å²) in [7, 11) is 1.67. The number of ether oxygens (including phenoxy) is 1. The van der Waals surface area contributed by atoms with Crippen molar-refractivity contribution in [1.82, 2.24) is 5.32 Å².